The molecule has 0 aliphatic carbocycles. The number of anilines is 1. The van der Waals surface area contributed by atoms with Gasteiger partial charge in [0.25, 0.3) is 0 Å². The first-order chi connectivity index (χ1) is 11.3. The molecule has 0 bridgehead atoms. The van der Waals surface area contributed by atoms with Crippen LogP contribution in [0.4, 0.5) is 10.6 Å². The third-order valence-electron chi connectivity index (χ3n) is 4.03. The molecule has 0 saturated carbocycles. The van der Waals surface area contributed by atoms with Gasteiger partial charge in [-0.2, -0.15) is 0 Å². The number of carbonyl (C=O) groups excluding carboxylic acids is 1. The van der Waals surface area contributed by atoms with Crippen molar-refractivity contribution in [2.75, 3.05) is 25.0 Å². The molecule has 1 saturated heterocycles. The number of nitrogens with zero attached hydrogens (tertiary/aromatic N) is 3. The number of amides is 2. The largest absolute Gasteiger partial charge is 0.336 e. The van der Waals surface area contributed by atoms with Crippen LogP contribution in [0.5, 0.6) is 0 Å². The molecule has 3 rings (SSSR count). The molecule has 0 spiro atoms. The quantitative estimate of drug-likeness (QED) is 0.890. The lowest BCUT2D eigenvalue weighted by Gasteiger charge is -2.28. The highest BCUT2D eigenvalue weighted by Crippen LogP contribution is 2.24. The van der Waals surface area contributed by atoms with E-state index in [0.717, 1.165) is 13.1 Å². The van der Waals surface area contributed by atoms with Gasteiger partial charge >= 0.3 is 6.03 Å². The lowest BCUT2D eigenvalue weighted by Crippen LogP contribution is -2.38. The average Bonchev–Trinajstić information content (AvgIpc) is 3.11. The fourth-order valence-corrected chi connectivity index (χ4v) is 2.90. The Morgan fingerprint density at radius 3 is 2.65 bits per heavy atom. The summed E-state index contributed by atoms with van der Waals surface area (Å²) in [4.78, 5) is 22.5. The number of nitrogens with one attached hydrogen (secondary N) is 2. The zero-order valence-corrected chi connectivity index (χ0v) is 13.0. The lowest BCUT2D eigenvalue weighted by molar-refractivity contribution is 0.227. The zero-order chi connectivity index (χ0) is 15.9. The standard InChI is InChI=1S/C17H21N5O/c23-17(21-16-13-18-8-9-19-16)20-12-15(22-10-4-5-11-22)14-6-2-1-3-7-14/h1-3,6-9,13,15H,4-5,10-12H2,(H2,19,20,21,23). The summed E-state index contributed by atoms with van der Waals surface area (Å²) in [5, 5.41) is 5.64. The van der Waals surface area contributed by atoms with E-state index in [0.29, 0.717) is 12.4 Å². The van der Waals surface area contributed by atoms with Crippen LogP contribution in [-0.2, 0) is 0 Å². The molecule has 120 valence electrons. The van der Waals surface area contributed by atoms with Crippen molar-refractivity contribution < 1.29 is 4.79 Å². The zero-order valence-electron chi connectivity index (χ0n) is 13.0. The lowest BCUT2D eigenvalue weighted by atomic mass is 10.1. The van der Waals surface area contributed by atoms with Crippen LogP contribution in [0.3, 0.4) is 0 Å². The van der Waals surface area contributed by atoms with E-state index in [1.165, 1.54) is 24.6 Å². The summed E-state index contributed by atoms with van der Waals surface area (Å²) < 4.78 is 0. The Morgan fingerprint density at radius 1 is 1.17 bits per heavy atom. The molecule has 2 amide bonds. The molecule has 1 aromatic heterocycles. The summed E-state index contributed by atoms with van der Waals surface area (Å²) in [6.07, 6.45) is 7.08. The number of hydrogen-bond donors (Lipinski definition) is 2. The molecule has 2 N–H and O–H groups in total. The number of likely N-dealkylation sites (tertiary alicyclic amines) is 1. The second-order valence-corrected chi connectivity index (χ2v) is 5.60. The summed E-state index contributed by atoms with van der Waals surface area (Å²) in [5.41, 5.74) is 1.23. The third kappa shape index (κ3) is 4.26. The molecule has 23 heavy (non-hydrogen) atoms. The molecule has 1 atom stereocenters. The fraction of sp³-hybridized carbons (Fsp3) is 0.353. The highest BCUT2D eigenvalue weighted by Gasteiger charge is 2.23. The van der Waals surface area contributed by atoms with E-state index < -0.39 is 0 Å². The van der Waals surface area contributed by atoms with Gasteiger partial charge in [0.1, 0.15) is 0 Å². The highest BCUT2D eigenvalue weighted by molar-refractivity contribution is 5.87. The van der Waals surface area contributed by atoms with E-state index in [-0.39, 0.29) is 12.1 Å². The molecule has 1 unspecified atom stereocenters. The molecule has 1 aromatic carbocycles. The van der Waals surface area contributed by atoms with Crippen LogP contribution in [0.25, 0.3) is 0 Å². The van der Waals surface area contributed by atoms with Gasteiger partial charge in [0.15, 0.2) is 5.82 Å². The van der Waals surface area contributed by atoms with E-state index >= 15 is 0 Å². The SMILES string of the molecule is O=C(NCC(c1ccccc1)N1CCCC1)Nc1cnccn1. The van der Waals surface area contributed by atoms with Gasteiger partial charge in [-0.3, -0.25) is 15.2 Å². The van der Waals surface area contributed by atoms with Crippen molar-refractivity contribution in [2.45, 2.75) is 18.9 Å². The monoisotopic (exact) mass is 311 g/mol. The summed E-state index contributed by atoms with van der Waals surface area (Å²) in [6, 6.07) is 10.3. The molecule has 2 aromatic rings. The van der Waals surface area contributed by atoms with Gasteiger partial charge in [-0.15, -0.1) is 0 Å². The second-order valence-electron chi connectivity index (χ2n) is 5.60. The molecular weight excluding hydrogens is 290 g/mol. The van der Waals surface area contributed by atoms with Gasteiger partial charge in [-0.1, -0.05) is 30.3 Å². The number of hydrogen-bond acceptors (Lipinski definition) is 4. The normalized spacial score (nSPS) is 16.0. The van der Waals surface area contributed by atoms with Crippen LogP contribution in [0.2, 0.25) is 0 Å². The minimum absolute atomic E-state index is 0.200. The number of rotatable bonds is 5. The molecular formula is C17H21N5O. The topological polar surface area (TPSA) is 70.2 Å². The predicted octanol–water partition coefficient (Wildman–Crippen LogP) is 2.44. The van der Waals surface area contributed by atoms with Gasteiger partial charge < -0.3 is 5.32 Å². The van der Waals surface area contributed by atoms with Crippen molar-refractivity contribution >= 4 is 11.8 Å². The molecule has 6 heteroatoms. The van der Waals surface area contributed by atoms with Crippen molar-refractivity contribution in [1.29, 1.82) is 0 Å². The molecule has 6 nitrogen and oxygen atoms in total. The Balaban J connectivity index is 1.61. The second kappa shape index (κ2) is 7.69. The van der Waals surface area contributed by atoms with Crippen molar-refractivity contribution in [1.82, 2.24) is 20.2 Å². The van der Waals surface area contributed by atoms with Crippen LogP contribution in [0.1, 0.15) is 24.4 Å². The molecule has 2 heterocycles. The first-order valence-electron chi connectivity index (χ1n) is 7.93. The maximum absolute atomic E-state index is 12.1. The van der Waals surface area contributed by atoms with Crippen LogP contribution in [0, 0.1) is 0 Å². The van der Waals surface area contributed by atoms with Gasteiger partial charge in [0.05, 0.1) is 12.2 Å². The van der Waals surface area contributed by atoms with E-state index in [2.05, 4.69) is 37.6 Å². The van der Waals surface area contributed by atoms with Crippen molar-refractivity contribution in [3.63, 3.8) is 0 Å². The minimum atomic E-state index is -0.259. The fourth-order valence-electron chi connectivity index (χ4n) is 2.90. The minimum Gasteiger partial charge on any atom is -0.336 e. The van der Waals surface area contributed by atoms with Crippen LogP contribution in [0.15, 0.2) is 48.9 Å². The van der Waals surface area contributed by atoms with Gasteiger partial charge in [0.2, 0.25) is 0 Å². The number of urea groups is 1. The van der Waals surface area contributed by atoms with Crippen molar-refractivity contribution in [2.24, 2.45) is 0 Å². The average molecular weight is 311 g/mol. The molecule has 1 aliphatic rings. The Labute approximate surface area is 135 Å². The highest BCUT2D eigenvalue weighted by atomic mass is 16.2. The first-order valence-corrected chi connectivity index (χ1v) is 7.93. The van der Waals surface area contributed by atoms with E-state index in [4.69, 9.17) is 0 Å². The van der Waals surface area contributed by atoms with Crippen LogP contribution < -0.4 is 10.6 Å². The molecule has 1 aliphatic heterocycles. The summed E-state index contributed by atoms with van der Waals surface area (Å²) >= 11 is 0. The summed E-state index contributed by atoms with van der Waals surface area (Å²) in [6.45, 7) is 2.72. The van der Waals surface area contributed by atoms with E-state index in [1.807, 2.05) is 18.2 Å². The Bertz CT molecular complexity index is 613. The number of benzene rings is 1. The van der Waals surface area contributed by atoms with Crippen LogP contribution in [-0.4, -0.2) is 40.5 Å². The van der Waals surface area contributed by atoms with E-state index in [9.17, 15) is 4.79 Å². The molecule has 1 fully saturated rings. The predicted molar refractivity (Wildman–Crippen MR) is 89.0 cm³/mol. The number of aromatic nitrogens is 2. The number of carbonyl (C=O) groups is 1. The Hall–Kier alpha value is -2.47. The van der Waals surface area contributed by atoms with Crippen molar-refractivity contribution in [3.05, 3.63) is 54.5 Å². The summed E-state index contributed by atoms with van der Waals surface area (Å²) in [5.74, 6) is 0.447. The maximum Gasteiger partial charge on any atom is 0.320 e. The smallest absolute Gasteiger partial charge is 0.320 e. The summed E-state index contributed by atoms with van der Waals surface area (Å²) in [7, 11) is 0. The maximum atomic E-state index is 12.1. The van der Waals surface area contributed by atoms with E-state index in [1.54, 1.807) is 12.4 Å². The van der Waals surface area contributed by atoms with Gasteiger partial charge in [0, 0.05) is 18.9 Å². The molecule has 0 radical (unpaired) electrons. The van der Waals surface area contributed by atoms with Crippen LogP contribution >= 0.6 is 0 Å². The Morgan fingerprint density at radius 2 is 1.96 bits per heavy atom. The van der Waals surface area contributed by atoms with Crippen molar-refractivity contribution in [3.8, 4) is 0 Å². The van der Waals surface area contributed by atoms with Gasteiger partial charge in [-0.05, 0) is 31.5 Å². The first kappa shape index (κ1) is 15.4. The third-order valence-corrected chi connectivity index (χ3v) is 4.03. The Kier molecular flexibility index (Phi) is 5.16. The van der Waals surface area contributed by atoms with Gasteiger partial charge in [-0.25, -0.2) is 9.78 Å².